The van der Waals surface area contributed by atoms with Crippen LogP contribution in [0.2, 0.25) is 0 Å². The smallest absolute Gasteiger partial charge is 0.0542 e. The van der Waals surface area contributed by atoms with E-state index in [9.17, 15) is 0 Å². The van der Waals surface area contributed by atoms with Gasteiger partial charge in [-0.2, -0.15) is 0 Å². The van der Waals surface area contributed by atoms with Crippen LogP contribution in [0.3, 0.4) is 0 Å². The Morgan fingerprint density at radius 2 is 1.02 bits per heavy atom. The highest BCUT2D eigenvalue weighted by molar-refractivity contribution is 6.12. The zero-order valence-electron chi connectivity index (χ0n) is 26.3. The number of benzene rings is 7. The van der Waals surface area contributed by atoms with E-state index < -0.39 is 0 Å². The SMILES string of the molecule is N/C=C1/c2ccccc2-c2cccc(Cc3ccc4c(c3)c3cc(-n5c6ccccc6c6ccccc65)ccc3n4-c3ccccc3)c21. The molecule has 0 bridgehead atoms. The average molecular weight is 614 g/mol. The average Bonchev–Trinajstić information content (AvgIpc) is 3.77. The largest absolute Gasteiger partial charge is 0.404 e. The van der Waals surface area contributed by atoms with Crippen LogP contribution < -0.4 is 5.73 Å². The lowest BCUT2D eigenvalue weighted by molar-refractivity contribution is 1.16. The van der Waals surface area contributed by atoms with Crippen molar-refractivity contribution < 1.29 is 0 Å². The fraction of sp³-hybridized carbons (Fsp3) is 0.0222. The number of hydrogen-bond donors (Lipinski definition) is 1. The van der Waals surface area contributed by atoms with Gasteiger partial charge in [0.1, 0.15) is 0 Å². The van der Waals surface area contributed by atoms with Crippen molar-refractivity contribution in [3.8, 4) is 22.5 Å². The number of rotatable bonds is 4. The Kier molecular flexibility index (Phi) is 5.79. The van der Waals surface area contributed by atoms with Crippen LogP contribution in [-0.4, -0.2) is 9.13 Å². The first-order valence-corrected chi connectivity index (χ1v) is 16.5. The van der Waals surface area contributed by atoms with Crippen LogP contribution in [-0.2, 0) is 6.42 Å². The first-order chi connectivity index (χ1) is 23.8. The van der Waals surface area contributed by atoms with Gasteiger partial charge in [0.05, 0.1) is 22.1 Å². The van der Waals surface area contributed by atoms with Crippen LogP contribution in [0.1, 0.15) is 22.3 Å². The maximum Gasteiger partial charge on any atom is 0.0542 e. The molecular formula is C45H31N3. The summed E-state index contributed by atoms with van der Waals surface area (Å²) in [4.78, 5) is 0. The number of para-hydroxylation sites is 3. The Balaban J connectivity index is 1.19. The zero-order chi connectivity index (χ0) is 31.8. The molecule has 226 valence electrons. The van der Waals surface area contributed by atoms with Crippen molar-refractivity contribution in [1.82, 2.24) is 9.13 Å². The molecule has 1 aliphatic rings. The third kappa shape index (κ3) is 3.82. The Morgan fingerprint density at radius 3 is 1.77 bits per heavy atom. The highest BCUT2D eigenvalue weighted by Crippen LogP contribution is 2.46. The summed E-state index contributed by atoms with van der Waals surface area (Å²) in [5, 5.41) is 5.03. The van der Waals surface area contributed by atoms with E-state index in [1.54, 1.807) is 6.20 Å². The third-order valence-corrected chi connectivity index (χ3v) is 10.2. The zero-order valence-corrected chi connectivity index (χ0v) is 26.3. The molecule has 0 fully saturated rings. The van der Waals surface area contributed by atoms with E-state index in [0.717, 1.165) is 23.4 Å². The van der Waals surface area contributed by atoms with E-state index in [2.05, 4.69) is 167 Å². The van der Waals surface area contributed by atoms with Gasteiger partial charge in [-0.1, -0.05) is 103 Å². The molecule has 0 aliphatic heterocycles. The van der Waals surface area contributed by atoms with Crippen LogP contribution in [0.25, 0.3) is 71.7 Å². The van der Waals surface area contributed by atoms with Crippen molar-refractivity contribution >= 4 is 49.2 Å². The first-order valence-electron chi connectivity index (χ1n) is 16.5. The molecular weight excluding hydrogens is 583 g/mol. The molecule has 2 aromatic heterocycles. The molecule has 0 radical (unpaired) electrons. The van der Waals surface area contributed by atoms with Gasteiger partial charge in [0.2, 0.25) is 0 Å². The van der Waals surface area contributed by atoms with Crippen molar-refractivity contribution in [2.75, 3.05) is 0 Å². The normalized spacial score (nSPS) is 13.2. The molecule has 2 N–H and O–H groups in total. The fourth-order valence-corrected chi connectivity index (χ4v) is 8.13. The molecule has 7 aromatic carbocycles. The van der Waals surface area contributed by atoms with E-state index in [1.165, 1.54) is 77.0 Å². The minimum atomic E-state index is 0.815. The molecule has 1 aliphatic carbocycles. The van der Waals surface area contributed by atoms with E-state index in [4.69, 9.17) is 5.73 Å². The second-order valence-electron chi connectivity index (χ2n) is 12.7. The summed E-state index contributed by atoms with van der Waals surface area (Å²) < 4.78 is 4.81. The van der Waals surface area contributed by atoms with Gasteiger partial charge in [-0.25, -0.2) is 0 Å². The Labute approximate surface area is 278 Å². The lowest BCUT2D eigenvalue weighted by atomic mass is 9.93. The van der Waals surface area contributed by atoms with Gasteiger partial charge in [-0.15, -0.1) is 0 Å². The summed E-state index contributed by atoms with van der Waals surface area (Å²) in [6.45, 7) is 0. The van der Waals surface area contributed by atoms with E-state index in [-0.39, 0.29) is 0 Å². The number of hydrogen-bond acceptors (Lipinski definition) is 1. The molecule has 0 saturated carbocycles. The van der Waals surface area contributed by atoms with Crippen molar-refractivity contribution in [1.29, 1.82) is 0 Å². The van der Waals surface area contributed by atoms with Crippen molar-refractivity contribution in [2.45, 2.75) is 6.42 Å². The lowest BCUT2D eigenvalue weighted by Crippen LogP contribution is -1.97. The first kappa shape index (κ1) is 26.9. The minimum Gasteiger partial charge on any atom is -0.404 e. The number of nitrogens with two attached hydrogens (primary N) is 1. The summed E-state index contributed by atoms with van der Waals surface area (Å²) in [5.74, 6) is 0. The van der Waals surface area contributed by atoms with Crippen LogP contribution in [0.15, 0.2) is 164 Å². The van der Waals surface area contributed by atoms with Crippen molar-refractivity contribution in [2.24, 2.45) is 5.73 Å². The molecule has 0 amide bonds. The molecule has 2 heterocycles. The van der Waals surface area contributed by atoms with Gasteiger partial charge >= 0.3 is 0 Å². The monoisotopic (exact) mass is 613 g/mol. The highest BCUT2D eigenvalue weighted by Gasteiger charge is 2.25. The highest BCUT2D eigenvalue weighted by atomic mass is 15.0. The van der Waals surface area contributed by atoms with E-state index in [0.29, 0.717) is 0 Å². The standard InChI is InChI=1S/C45H31N3/c46-28-40-34-15-5-4-14-33(34)37-18-10-11-30(45(37)40)25-29-21-23-43-38(26-29)39-27-32(22-24-44(39)47(43)31-12-2-1-3-13-31)48-41-19-8-6-16-35(41)36-17-7-9-20-42(36)48/h1-24,26-28H,25,46H2/b40-28-. The van der Waals surface area contributed by atoms with E-state index in [1.807, 2.05) is 0 Å². The summed E-state index contributed by atoms with van der Waals surface area (Å²) in [5.41, 5.74) is 22.1. The summed E-state index contributed by atoms with van der Waals surface area (Å²) in [6, 6.07) is 57.3. The van der Waals surface area contributed by atoms with E-state index >= 15 is 0 Å². The molecule has 3 nitrogen and oxygen atoms in total. The Hall–Kier alpha value is -6.32. The molecule has 0 unspecified atom stereocenters. The third-order valence-electron chi connectivity index (χ3n) is 10.2. The van der Waals surface area contributed by atoms with Crippen LogP contribution in [0.5, 0.6) is 0 Å². The van der Waals surface area contributed by atoms with Crippen LogP contribution in [0.4, 0.5) is 0 Å². The Bertz CT molecular complexity index is 2710. The predicted octanol–water partition coefficient (Wildman–Crippen LogP) is 10.8. The molecule has 0 spiro atoms. The maximum atomic E-state index is 6.28. The summed E-state index contributed by atoms with van der Waals surface area (Å²) >= 11 is 0. The fourth-order valence-electron chi connectivity index (χ4n) is 8.13. The maximum absolute atomic E-state index is 6.28. The molecule has 9 aromatic rings. The van der Waals surface area contributed by atoms with Gasteiger partial charge in [-0.05, 0) is 94.4 Å². The van der Waals surface area contributed by atoms with Gasteiger partial charge in [0, 0.05) is 44.7 Å². The number of fused-ring (bicyclic) bond motifs is 9. The van der Waals surface area contributed by atoms with Crippen molar-refractivity contribution in [3.05, 3.63) is 186 Å². The quantitative estimate of drug-likeness (QED) is 0.211. The van der Waals surface area contributed by atoms with Gasteiger partial charge in [-0.3, -0.25) is 0 Å². The van der Waals surface area contributed by atoms with Crippen LogP contribution in [0, 0.1) is 0 Å². The second-order valence-corrected chi connectivity index (χ2v) is 12.7. The molecule has 3 heteroatoms. The summed E-state index contributed by atoms with van der Waals surface area (Å²) in [6.07, 6.45) is 2.59. The van der Waals surface area contributed by atoms with Gasteiger partial charge < -0.3 is 14.9 Å². The van der Waals surface area contributed by atoms with Gasteiger partial charge in [0.25, 0.3) is 0 Å². The molecule has 0 atom stereocenters. The molecule has 0 saturated heterocycles. The van der Waals surface area contributed by atoms with Crippen molar-refractivity contribution in [3.63, 3.8) is 0 Å². The predicted molar refractivity (Wildman–Crippen MR) is 201 cm³/mol. The lowest BCUT2D eigenvalue weighted by Gasteiger charge is -2.11. The van der Waals surface area contributed by atoms with Crippen LogP contribution >= 0.6 is 0 Å². The minimum absolute atomic E-state index is 0.815. The second kappa shape index (κ2) is 10.3. The number of aromatic nitrogens is 2. The molecule has 48 heavy (non-hydrogen) atoms. The van der Waals surface area contributed by atoms with Gasteiger partial charge in [0.15, 0.2) is 0 Å². The number of nitrogens with zero attached hydrogens (tertiary/aromatic N) is 2. The topological polar surface area (TPSA) is 35.9 Å². The Morgan fingerprint density at radius 1 is 0.438 bits per heavy atom. The molecule has 10 rings (SSSR count). The summed E-state index contributed by atoms with van der Waals surface area (Å²) in [7, 11) is 0.